The van der Waals surface area contributed by atoms with Gasteiger partial charge in [0.15, 0.2) is 11.4 Å². The van der Waals surface area contributed by atoms with Gasteiger partial charge in [0.25, 0.3) is 0 Å². The molecule has 0 fully saturated rings. The Labute approximate surface area is 159 Å². The molecule has 26 heavy (non-hydrogen) atoms. The van der Waals surface area contributed by atoms with E-state index in [0.29, 0.717) is 10.7 Å². The smallest absolute Gasteiger partial charge is 0.161 e. The number of nitrogens with two attached hydrogens (primary N) is 1. The fraction of sp³-hybridized carbons (Fsp3) is 0.286. The number of aromatic nitrogens is 2. The monoisotopic (exact) mass is 369 g/mol. The number of allylic oxidation sites excluding steroid dienone is 1. The van der Waals surface area contributed by atoms with Gasteiger partial charge in [-0.1, -0.05) is 23.8 Å². The van der Waals surface area contributed by atoms with Crippen LogP contribution in [0.15, 0.2) is 42.5 Å². The summed E-state index contributed by atoms with van der Waals surface area (Å²) in [4.78, 5) is 4.81. The fourth-order valence-electron chi connectivity index (χ4n) is 3.16. The van der Waals surface area contributed by atoms with Crippen LogP contribution in [0.2, 0.25) is 5.02 Å². The van der Waals surface area contributed by atoms with Crippen molar-refractivity contribution in [1.29, 1.82) is 0 Å². The number of nitrogens with zero attached hydrogens (tertiary/aromatic N) is 2. The van der Waals surface area contributed by atoms with E-state index in [0.717, 1.165) is 34.7 Å². The molecule has 4 nitrogen and oxygen atoms in total. The van der Waals surface area contributed by atoms with Crippen LogP contribution in [0.25, 0.3) is 17.1 Å². The van der Waals surface area contributed by atoms with Gasteiger partial charge in [0.2, 0.25) is 0 Å². The van der Waals surface area contributed by atoms with Crippen LogP contribution >= 0.6 is 11.6 Å². The number of imidazole rings is 1. The van der Waals surface area contributed by atoms with Crippen LogP contribution in [-0.4, -0.2) is 9.55 Å². The first-order valence-corrected chi connectivity index (χ1v) is 9.11. The van der Waals surface area contributed by atoms with Crippen molar-refractivity contribution in [2.24, 2.45) is 0 Å². The van der Waals surface area contributed by atoms with Crippen molar-refractivity contribution < 1.29 is 4.74 Å². The topological polar surface area (TPSA) is 53.1 Å². The third-order valence-electron chi connectivity index (χ3n) is 4.31. The highest BCUT2D eigenvalue weighted by atomic mass is 35.5. The molecule has 0 bridgehead atoms. The number of hydrogen-bond acceptors (Lipinski definition) is 3. The summed E-state index contributed by atoms with van der Waals surface area (Å²) in [6, 6.07) is 11.5. The first-order chi connectivity index (χ1) is 12.4. The van der Waals surface area contributed by atoms with Crippen LogP contribution < -0.4 is 10.5 Å². The molecular weight excluding hydrogens is 346 g/mol. The van der Waals surface area contributed by atoms with Gasteiger partial charge < -0.3 is 15.0 Å². The Kier molecular flexibility index (Phi) is 4.97. The van der Waals surface area contributed by atoms with Gasteiger partial charge in [0.05, 0.1) is 11.0 Å². The van der Waals surface area contributed by atoms with Crippen molar-refractivity contribution in [3.8, 4) is 5.75 Å². The second kappa shape index (κ2) is 7.04. The Balaban J connectivity index is 2.03. The Morgan fingerprint density at radius 3 is 2.69 bits per heavy atom. The number of halogens is 1. The predicted octanol–water partition coefficient (Wildman–Crippen LogP) is 5.64. The number of benzene rings is 2. The molecule has 0 aliphatic heterocycles. The third kappa shape index (κ3) is 3.42. The first kappa shape index (κ1) is 18.3. The number of nitrogen functional groups attached to an aromatic ring is 1. The highest BCUT2D eigenvalue weighted by Gasteiger charge is 2.29. The molecule has 0 saturated carbocycles. The Morgan fingerprint density at radius 1 is 1.23 bits per heavy atom. The fourth-order valence-corrected chi connectivity index (χ4v) is 3.34. The average Bonchev–Trinajstić information content (AvgIpc) is 2.96. The van der Waals surface area contributed by atoms with Gasteiger partial charge in [-0.3, -0.25) is 0 Å². The minimum absolute atomic E-state index is 0.620. The van der Waals surface area contributed by atoms with Gasteiger partial charge in [0, 0.05) is 17.3 Å². The average molecular weight is 370 g/mol. The molecule has 1 aromatic heterocycles. The van der Waals surface area contributed by atoms with E-state index in [2.05, 4.69) is 11.5 Å². The standard InChI is InChI=1S/C21H24ClN3O/c1-5-7-14-12-16(9-10-17(14)22)26-21(3,4)20-24-18-13-15(23)8-11-19(18)25(20)6-2/h5,7-13H,6,23H2,1-4H3/b7-5+. The van der Waals surface area contributed by atoms with E-state index in [-0.39, 0.29) is 0 Å². The Bertz CT molecular complexity index is 973. The van der Waals surface area contributed by atoms with Gasteiger partial charge in [-0.2, -0.15) is 0 Å². The number of rotatable bonds is 5. The molecule has 0 aliphatic rings. The highest BCUT2D eigenvalue weighted by Crippen LogP contribution is 2.32. The second-order valence-electron chi connectivity index (χ2n) is 6.72. The summed E-state index contributed by atoms with van der Waals surface area (Å²) in [5.74, 6) is 1.62. The summed E-state index contributed by atoms with van der Waals surface area (Å²) < 4.78 is 8.49. The zero-order valence-electron chi connectivity index (χ0n) is 15.6. The van der Waals surface area contributed by atoms with Gasteiger partial charge in [-0.15, -0.1) is 0 Å². The summed E-state index contributed by atoms with van der Waals surface area (Å²) in [5.41, 5.74) is 8.87. The van der Waals surface area contributed by atoms with Crippen LogP contribution in [-0.2, 0) is 12.1 Å². The molecule has 5 heteroatoms. The summed E-state index contributed by atoms with van der Waals surface area (Å²) in [6.45, 7) is 8.90. The van der Waals surface area contributed by atoms with Crippen molar-refractivity contribution in [2.45, 2.75) is 39.8 Å². The van der Waals surface area contributed by atoms with Crippen LogP contribution in [0.4, 0.5) is 5.69 Å². The summed E-state index contributed by atoms with van der Waals surface area (Å²) in [6.07, 6.45) is 3.92. The summed E-state index contributed by atoms with van der Waals surface area (Å²) in [5, 5.41) is 0.699. The molecule has 2 aromatic carbocycles. The first-order valence-electron chi connectivity index (χ1n) is 8.73. The van der Waals surface area contributed by atoms with Crippen molar-refractivity contribution in [2.75, 3.05) is 5.73 Å². The molecular formula is C21H24ClN3O. The van der Waals surface area contributed by atoms with Crippen LogP contribution in [0, 0.1) is 0 Å². The lowest BCUT2D eigenvalue weighted by Gasteiger charge is -2.27. The molecule has 2 N–H and O–H groups in total. The molecule has 0 radical (unpaired) electrons. The minimum atomic E-state index is -0.620. The predicted molar refractivity (Wildman–Crippen MR) is 110 cm³/mol. The SMILES string of the molecule is C/C=C/c1cc(OC(C)(C)c2nc3cc(N)ccc3n2CC)ccc1Cl. The summed E-state index contributed by atoms with van der Waals surface area (Å²) >= 11 is 6.24. The molecule has 1 heterocycles. The molecule has 0 atom stereocenters. The molecule has 3 rings (SSSR count). The number of ether oxygens (including phenoxy) is 1. The third-order valence-corrected chi connectivity index (χ3v) is 4.66. The van der Waals surface area contributed by atoms with Crippen molar-refractivity contribution in [3.05, 3.63) is 58.9 Å². The van der Waals surface area contributed by atoms with E-state index in [4.69, 9.17) is 27.1 Å². The van der Waals surface area contributed by atoms with E-state index in [1.54, 1.807) is 0 Å². The number of aryl methyl sites for hydroxylation is 1. The normalized spacial score (nSPS) is 12.2. The maximum absolute atomic E-state index is 6.33. The van der Waals surface area contributed by atoms with Crippen LogP contribution in [0.5, 0.6) is 5.75 Å². The molecule has 0 unspecified atom stereocenters. The van der Waals surface area contributed by atoms with Crippen molar-refractivity contribution in [1.82, 2.24) is 9.55 Å². The lowest BCUT2D eigenvalue weighted by atomic mass is 10.1. The van der Waals surface area contributed by atoms with E-state index < -0.39 is 5.60 Å². The van der Waals surface area contributed by atoms with Crippen LogP contribution in [0.3, 0.4) is 0 Å². The molecule has 0 aliphatic carbocycles. The number of fused-ring (bicyclic) bond motifs is 1. The van der Waals surface area contributed by atoms with Crippen molar-refractivity contribution in [3.63, 3.8) is 0 Å². The van der Waals surface area contributed by atoms with Crippen molar-refractivity contribution >= 4 is 34.4 Å². The lowest BCUT2D eigenvalue weighted by molar-refractivity contribution is 0.0949. The highest BCUT2D eigenvalue weighted by molar-refractivity contribution is 6.32. The second-order valence-corrected chi connectivity index (χ2v) is 7.13. The number of anilines is 1. The molecule has 0 amide bonds. The van der Waals surface area contributed by atoms with E-state index in [1.165, 1.54) is 0 Å². The van der Waals surface area contributed by atoms with Gasteiger partial charge in [-0.25, -0.2) is 4.98 Å². The lowest BCUT2D eigenvalue weighted by Crippen LogP contribution is -2.29. The van der Waals surface area contributed by atoms with E-state index in [9.17, 15) is 0 Å². The van der Waals surface area contributed by atoms with Crippen LogP contribution in [0.1, 0.15) is 39.1 Å². The molecule has 0 saturated heterocycles. The summed E-state index contributed by atoms with van der Waals surface area (Å²) in [7, 11) is 0. The Morgan fingerprint density at radius 2 is 2.00 bits per heavy atom. The van der Waals surface area contributed by atoms with E-state index >= 15 is 0 Å². The molecule has 0 spiro atoms. The maximum atomic E-state index is 6.33. The molecule has 136 valence electrons. The van der Waals surface area contributed by atoms with Gasteiger partial charge in [0.1, 0.15) is 5.75 Å². The quantitative estimate of drug-likeness (QED) is 0.592. The Hall–Kier alpha value is -2.46. The number of hydrogen-bond donors (Lipinski definition) is 1. The zero-order valence-corrected chi connectivity index (χ0v) is 16.3. The maximum Gasteiger partial charge on any atom is 0.161 e. The van der Waals surface area contributed by atoms with Gasteiger partial charge >= 0.3 is 0 Å². The molecule has 3 aromatic rings. The minimum Gasteiger partial charge on any atom is -0.480 e. The largest absolute Gasteiger partial charge is 0.480 e. The van der Waals surface area contributed by atoms with Gasteiger partial charge in [-0.05, 0) is 69.7 Å². The zero-order chi connectivity index (χ0) is 18.9. The van der Waals surface area contributed by atoms with E-state index in [1.807, 2.05) is 69.3 Å².